The summed E-state index contributed by atoms with van der Waals surface area (Å²) in [5.41, 5.74) is 4.37. The number of rotatable bonds is 5. The molecular formula is C22H23FN4O. The van der Waals surface area contributed by atoms with Gasteiger partial charge in [0.15, 0.2) is 0 Å². The predicted octanol–water partition coefficient (Wildman–Crippen LogP) is 4.24. The SMILES string of the molecule is Cc1ccccc1CN1CCO[C@@H](c2ccc(Nc3ccc(F)cn3)cn2)C1. The van der Waals surface area contributed by atoms with Gasteiger partial charge in [0.2, 0.25) is 0 Å². The van der Waals surface area contributed by atoms with Gasteiger partial charge in [-0.05, 0) is 42.3 Å². The molecule has 3 aromatic rings. The van der Waals surface area contributed by atoms with E-state index in [1.54, 1.807) is 12.3 Å². The molecule has 1 atom stereocenters. The second-order valence-corrected chi connectivity index (χ2v) is 6.98. The van der Waals surface area contributed by atoms with Crippen molar-refractivity contribution in [3.63, 3.8) is 0 Å². The first-order chi connectivity index (χ1) is 13.7. The molecule has 144 valence electrons. The number of nitrogens with zero attached hydrogens (tertiary/aromatic N) is 3. The summed E-state index contributed by atoms with van der Waals surface area (Å²) in [6.07, 6.45) is 2.89. The van der Waals surface area contributed by atoms with E-state index in [0.29, 0.717) is 12.4 Å². The van der Waals surface area contributed by atoms with Crippen LogP contribution in [0.1, 0.15) is 22.9 Å². The fourth-order valence-electron chi connectivity index (χ4n) is 3.32. The molecule has 2 aromatic heterocycles. The standard InChI is InChI=1S/C22H23FN4O/c1-16-4-2-3-5-17(16)14-27-10-11-28-21(15-27)20-8-7-19(13-24-20)26-22-9-6-18(23)12-25-22/h2-9,12-13,21H,10-11,14-15H2,1H3,(H,25,26)/t21-/m1/s1. The van der Waals surface area contributed by atoms with E-state index in [-0.39, 0.29) is 11.9 Å². The Morgan fingerprint density at radius 2 is 2.00 bits per heavy atom. The van der Waals surface area contributed by atoms with Crippen LogP contribution in [0.5, 0.6) is 0 Å². The third-order valence-electron chi connectivity index (χ3n) is 4.92. The Bertz CT molecular complexity index is 915. The van der Waals surface area contributed by atoms with E-state index in [0.717, 1.165) is 31.0 Å². The molecule has 0 bridgehead atoms. The summed E-state index contributed by atoms with van der Waals surface area (Å²) in [7, 11) is 0. The molecule has 0 spiro atoms. The largest absolute Gasteiger partial charge is 0.369 e. The normalized spacial score (nSPS) is 17.4. The second-order valence-electron chi connectivity index (χ2n) is 6.98. The molecule has 1 saturated heterocycles. The summed E-state index contributed by atoms with van der Waals surface area (Å²) in [6, 6.07) is 15.4. The van der Waals surface area contributed by atoms with Gasteiger partial charge in [-0.1, -0.05) is 24.3 Å². The van der Waals surface area contributed by atoms with Gasteiger partial charge >= 0.3 is 0 Å². The van der Waals surface area contributed by atoms with Gasteiger partial charge in [0.25, 0.3) is 0 Å². The van der Waals surface area contributed by atoms with E-state index in [1.165, 1.54) is 23.4 Å². The van der Waals surface area contributed by atoms with E-state index >= 15 is 0 Å². The van der Waals surface area contributed by atoms with Crippen molar-refractivity contribution < 1.29 is 9.13 Å². The van der Waals surface area contributed by atoms with E-state index < -0.39 is 0 Å². The van der Waals surface area contributed by atoms with Crippen molar-refractivity contribution in [3.05, 3.63) is 83.6 Å². The highest BCUT2D eigenvalue weighted by Gasteiger charge is 2.23. The molecule has 6 heteroatoms. The van der Waals surface area contributed by atoms with E-state index in [4.69, 9.17) is 4.74 Å². The van der Waals surface area contributed by atoms with Gasteiger partial charge in [-0.2, -0.15) is 0 Å². The van der Waals surface area contributed by atoms with Gasteiger partial charge < -0.3 is 10.1 Å². The summed E-state index contributed by atoms with van der Waals surface area (Å²) in [5, 5.41) is 3.12. The lowest BCUT2D eigenvalue weighted by Gasteiger charge is -2.33. The number of morpholine rings is 1. The lowest BCUT2D eigenvalue weighted by atomic mass is 10.1. The maximum atomic E-state index is 13.0. The molecule has 0 radical (unpaired) electrons. The number of ether oxygens (including phenoxy) is 1. The summed E-state index contributed by atoms with van der Waals surface area (Å²) in [6.45, 7) is 5.49. The number of hydrogen-bond acceptors (Lipinski definition) is 5. The summed E-state index contributed by atoms with van der Waals surface area (Å²) in [4.78, 5) is 11.0. The van der Waals surface area contributed by atoms with Gasteiger partial charge in [0.05, 0.1) is 30.4 Å². The second kappa shape index (κ2) is 8.46. The van der Waals surface area contributed by atoms with Crippen LogP contribution in [0.3, 0.4) is 0 Å². The van der Waals surface area contributed by atoms with Gasteiger partial charge in [-0.15, -0.1) is 0 Å². The molecule has 1 N–H and O–H groups in total. The molecule has 0 unspecified atom stereocenters. The Labute approximate surface area is 164 Å². The van der Waals surface area contributed by atoms with E-state index in [1.807, 2.05) is 12.1 Å². The molecule has 0 aliphatic carbocycles. The number of aryl methyl sites for hydroxylation is 1. The molecule has 3 heterocycles. The zero-order valence-corrected chi connectivity index (χ0v) is 15.8. The first-order valence-corrected chi connectivity index (χ1v) is 9.40. The topological polar surface area (TPSA) is 50.3 Å². The van der Waals surface area contributed by atoms with Crippen LogP contribution in [0.2, 0.25) is 0 Å². The molecule has 1 aliphatic rings. The van der Waals surface area contributed by atoms with Crippen molar-refractivity contribution in [2.45, 2.75) is 19.6 Å². The van der Waals surface area contributed by atoms with Crippen LogP contribution < -0.4 is 5.32 Å². The minimum Gasteiger partial charge on any atom is -0.369 e. The van der Waals surface area contributed by atoms with Crippen molar-refractivity contribution in [3.8, 4) is 0 Å². The Balaban J connectivity index is 1.39. The molecule has 4 rings (SSSR count). The molecule has 0 saturated carbocycles. The highest BCUT2D eigenvalue weighted by atomic mass is 19.1. The van der Waals surface area contributed by atoms with Crippen molar-refractivity contribution in [1.29, 1.82) is 0 Å². The summed E-state index contributed by atoms with van der Waals surface area (Å²) >= 11 is 0. The molecule has 28 heavy (non-hydrogen) atoms. The lowest BCUT2D eigenvalue weighted by molar-refractivity contribution is -0.0350. The first kappa shape index (κ1) is 18.5. The third-order valence-corrected chi connectivity index (χ3v) is 4.92. The highest BCUT2D eigenvalue weighted by Crippen LogP contribution is 2.24. The number of benzene rings is 1. The van der Waals surface area contributed by atoms with Crippen LogP contribution >= 0.6 is 0 Å². The number of hydrogen-bond donors (Lipinski definition) is 1. The van der Waals surface area contributed by atoms with Crippen LogP contribution in [-0.4, -0.2) is 34.6 Å². The monoisotopic (exact) mass is 378 g/mol. The molecule has 5 nitrogen and oxygen atoms in total. The highest BCUT2D eigenvalue weighted by molar-refractivity contribution is 5.54. The van der Waals surface area contributed by atoms with E-state index in [2.05, 4.69) is 51.4 Å². The Morgan fingerprint density at radius 3 is 2.75 bits per heavy atom. The zero-order chi connectivity index (χ0) is 19.3. The third kappa shape index (κ3) is 4.52. The minimum absolute atomic E-state index is 0.0456. The maximum absolute atomic E-state index is 13.0. The number of pyridine rings is 2. The average molecular weight is 378 g/mol. The summed E-state index contributed by atoms with van der Waals surface area (Å²) in [5.74, 6) is 0.220. The molecule has 1 aromatic carbocycles. The number of anilines is 2. The van der Waals surface area contributed by atoms with Crippen molar-refractivity contribution in [2.75, 3.05) is 25.0 Å². The predicted molar refractivity (Wildman–Crippen MR) is 107 cm³/mol. The van der Waals surface area contributed by atoms with Gasteiger partial charge in [-0.25, -0.2) is 9.37 Å². The fraction of sp³-hybridized carbons (Fsp3) is 0.273. The first-order valence-electron chi connectivity index (χ1n) is 9.40. The van der Waals surface area contributed by atoms with Crippen molar-refractivity contribution in [2.24, 2.45) is 0 Å². The van der Waals surface area contributed by atoms with Crippen LogP contribution in [0, 0.1) is 12.7 Å². The Morgan fingerprint density at radius 1 is 1.11 bits per heavy atom. The van der Waals surface area contributed by atoms with Crippen LogP contribution in [0.4, 0.5) is 15.9 Å². The van der Waals surface area contributed by atoms with Crippen molar-refractivity contribution in [1.82, 2.24) is 14.9 Å². The lowest BCUT2D eigenvalue weighted by Crippen LogP contribution is -2.38. The molecule has 1 fully saturated rings. The van der Waals surface area contributed by atoms with E-state index in [9.17, 15) is 4.39 Å². The van der Waals surface area contributed by atoms with Crippen molar-refractivity contribution >= 4 is 11.5 Å². The minimum atomic E-state index is -0.358. The van der Waals surface area contributed by atoms with Gasteiger partial charge in [-0.3, -0.25) is 9.88 Å². The quantitative estimate of drug-likeness (QED) is 0.720. The van der Waals surface area contributed by atoms with Crippen LogP contribution in [0.15, 0.2) is 60.9 Å². The number of halogens is 1. The van der Waals surface area contributed by atoms with Crippen LogP contribution in [-0.2, 0) is 11.3 Å². The number of nitrogens with one attached hydrogen (secondary N) is 1. The zero-order valence-electron chi connectivity index (χ0n) is 15.8. The molecule has 0 amide bonds. The Kier molecular flexibility index (Phi) is 5.60. The smallest absolute Gasteiger partial charge is 0.141 e. The van der Waals surface area contributed by atoms with Gasteiger partial charge in [0.1, 0.15) is 17.7 Å². The van der Waals surface area contributed by atoms with Gasteiger partial charge in [0, 0.05) is 19.6 Å². The molecular weight excluding hydrogens is 355 g/mol. The Hall–Kier alpha value is -2.83. The molecule has 1 aliphatic heterocycles. The number of aromatic nitrogens is 2. The average Bonchev–Trinajstić information content (AvgIpc) is 2.72. The van der Waals surface area contributed by atoms with Crippen LogP contribution in [0.25, 0.3) is 0 Å². The maximum Gasteiger partial charge on any atom is 0.141 e. The summed E-state index contributed by atoms with van der Waals surface area (Å²) < 4.78 is 18.9. The fourth-order valence-corrected chi connectivity index (χ4v) is 3.32.